The van der Waals surface area contributed by atoms with E-state index in [-0.39, 0.29) is 18.5 Å². The first-order valence-corrected chi connectivity index (χ1v) is 14.6. The minimum absolute atomic E-state index is 0.104. The van der Waals surface area contributed by atoms with E-state index in [0.29, 0.717) is 19.5 Å². The molecule has 0 bridgehead atoms. The van der Waals surface area contributed by atoms with E-state index in [1.54, 1.807) is 0 Å². The third-order valence-corrected chi connectivity index (χ3v) is 11.6. The molecule has 0 spiro atoms. The summed E-state index contributed by atoms with van der Waals surface area (Å²) in [7, 11) is -13.3. The van der Waals surface area contributed by atoms with Crippen LogP contribution in [0.4, 0.5) is 0 Å². The summed E-state index contributed by atoms with van der Waals surface area (Å²) in [5, 5.41) is 0. The average Bonchev–Trinajstić information content (AvgIpc) is 2.39. The summed E-state index contributed by atoms with van der Waals surface area (Å²) in [5.74, 6) is -0.610. The fourth-order valence-electron chi connectivity index (χ4n) is 1.75. The van der Waals surface area contributed by atoms with Gasteiger partial charge in [0.05, 0.1) is 5.75 Å². The minimum atomic E-state index is -4.29. The second-order valence-corrected chi connectivity index (χ2v) is 13.8. The summed E-state index contributed by atoms with van der Waals surface area (Å²) in [4.78, 5) is 30.2. The van der Waals surface area contributed by atoms with Gasteiger partial charge in [-0.3, -0.25) is 4.55 Å². The van der Waals surface area contributed by atoms with Crippen LogP contribution in [0.25, 0.3) is 0 Å². The fraction of sp³-hybridized carbons (Fsp3) is 1.00. The van der Waals surface area contributed by atoms with Crippen LogP contribution >= 0.6 is 0 Å². The van der Waals surface area contributed by atoms with Crippen molar-refractivity contribution in [2.24, 2.45) is 11.5 Å². The first kappa shape index (κ1) is 23.3. The molecule has 0 rings (SSSR count). The molecule has 23 heavy (non-hydrogen) atoms. The quantitative estimate of drug-likeness (QED) is 0.101. The van der Waals surface area contributed by atoms with E-state index in [0.717, 1.165) is 12.5 Å². The molecule has 0 amide bonds. The van der Waals surface area contributed by atoms with Crippen LogP contribution in [-0.2, 0) is 18.3 Å². The summed E-state index contributed by atoms with van der Waals surface area (Å²) in [6, 6.07) is 0.470. The van der Waals surface area contributed by atoms with E-state index in [2.05, 4.69) is 0 Å². The Bertz CT molecular complexity index is 427. The topological polar surface area (TPSA) is 186 Å². The maximum Gasteiger partial charge on any atom is 0.488 e. The number of hydrogen-bond acceptors (Lipinski definition) is 9. The lowest BCUT2D eigenvalue weighted by Crippen LogP contribution is -2.55. The summed E-state index contributed by atoms with van der Waals surface area (Å²) in [6.07, 6.45) is 0.969. The molecule has 0 aromatic carbocycles. The molecule has 0 saturated carbocycles. The van der Waals surface area contributed by atoms with Crippen molar-refractivity contribution in [3.63, 3.8) is 0 Å². The molecular weight excluding hydrogens is 380 g/mol. The summed E-state index contributed by atoms with van der Waals surface area (Å²) in [6.45, 7) is 0.800. The van der Waals surface area contributed by atoms with Gasteiger partial charge in [0.2, 0.25) is 0 Å². The highest BCUT2D eigenvalue weighted by Crippen LogP contribution is 2.20. The number of hydrogen-bond donors (Lipinski definition) is 6. The largest absolute Gasteiger partial charge is 0.488 e. The van der Waals surface area contributed by atoms with Gasteiger partial charge in [-0.25, -0.2) is 0 Å². The van der Waals surface area contributed by atoms with Gasteiger partial charge in [-0.1, -0.05) is 0 Å². The minimum Gasteiger partial charge on any atom is -0.422 e. The average molecular weight is 409 g/mol. The van der Waals surface area contributed by atoms with Crippen molar-refractivity contribution in [2.75, 3.05) is 18.8 Å². The molecule has 10 nitrogen and oxygen atoms in total. The van der Waals surface area contributed by atoms with Crippen LogP contribution in [0.1, 0.15) is 19.3 Å². The van der Waals surface area contributed by atoms with Gasteiger partial charge in [0.15, 0.2) is 9.76 Å². The number of rotatable bonds is 14. The molecule has 1 atom stereocenters. The first-order chi connectivity index (χ1) is 10.5. The van der Waals surface area contributed by atoms with Crippen LogP contribution in [0, 0.1) is 0 Å². The zero-order valence-electron chi connectivity index (χ0n) is 13.1. The molecule has 0 aliphatic carbocycles. The van der Waals surface area contributed by atoms with Gasteiger partial charge >= 0.3 is 17.6 Å². The smallest absolute Gasteiger partial charge is 0.422 e. The monoisotopic (exact) mass is 408 g/mol. The predicted octanol–water partition coefficient (Wildman–Crippen LogP) is -2.65. The Labute approximate surface area is 141 Å². The van der Waals surface area contributed by atoms with Crippen molar-refractivity contribution < 1.29 is 35.6 Å². The molecule has 0 saturated heterocycles. The van der Waals surface area contributed by atoms with Gasteiger partial charge in [0, 0.05) is 12.1 Å². The summed E-state index contributed by atoms with van der Waals surface area (Å²) < 4.78 is 40.5. The van der Waals surface area contributed by atoms with Crippen molar-refractivity contribution in [2.45, 2.75) is 37.4 Å². The van der Waals surface area contributed by atoms with Crippen molar-refractivity contribution in [3.8, 4) is 0 Å². The Morgan fingerprint density at radius 1 is 1.00 bits per heavy atom. The summed E-state index contributed by atoms with van der Waals surface area (Å²) >= 11 is 0. The Balaban J connectivity index is 4.57. The zero-order chi connectivity index (χ0) is 18.0. The van der Waals surface area contributed by atoms with Crippen LogP contribution in [0.15, 0.2) is 0 Å². The highest BCUT2D eigenvalue weighted by atomic mass is 32.2. The van der Waals surface area contributed by atoms with Crippen molar-refractivity contribution in [1.29, 1.82) is 0 Å². The fourth-order valence-corrected chi connectivity index (χ4v) is 10.4. The SMILES string of the molecule is NCCC[SiH2]O[Si](O)(CCCN)O[Si](O)(O)CCCS(=O)(=O)O. The normalized spacial score (nSPS) is 16.1. The second-order valence-electron chi connectivity index (χ2n) is 5.18. The molecule has 0 heterocycles. The second kappa shape index (κ2) is 11.0. The predicted molar refractivity (Wildman–Crippen MR) is 91.7 cm³/mol. The van der Waals surface area contributed by atoms with Crippen LogP contribution in [0.5, 0.6) is 0 Å². The van der Waals surface area contributed by atoms with E-state index in [9.17, 15) is 22.8 Å². The molecule has 0 aromatic rings. The summed E-state index contributed by atoms with van der Waals surface area (Å²) in [5.41, 5.74) is 10.8. The molecule has 140 valence electrons. The third kappa shape index (κ3) is 13.3. The maximum atomic E-state index is 10.6. The van der Waals surface area contributed by atoms with Crippen molar-refractivity contribution >= 4 is 37.5 Å². The lowest BCUT2D eigenvalue weighted by molar-refractivity contribution is 0.161. The molecular formula is C9H28N2O8SSi3. The first-order valence-electron chi connectivity index (χ1n) is 7.40. The Hall–Kier alpha value is 0.281. The third-order valence-electron chi connectivity index (χ3n) is 2.85. The Morgan fingerprint density at radius 3 is 2.13 bits per heavy atom. The van der Waals surface area contributed by atoms with Gasteiger partial charge in [-0.05, 0) is 38.4 Å². The van der Waals surface area contributed by atoms with Gasteiger partial charge in [-0.15, -0.1) is 0 Å². The van der Waals surface area contributed by atoms with Gasteiger partial charge in [0.1, 0.15) is 0 Å². The lowest BCUT2D eigenvalue weighted by atomic mass is 10.5. The van der Waals surface area contributed by atoms with Crippen molar-refractivity contribution in [1.82, 2.24) is 0 Å². The molecule has 0 aliphatic rings. The highest BCUT2D eigenvalue weighted by molar-refractivity contribution is 7.85. The van der Waals surface area contributed by atoms with E-state index in [1.807, 2.05) is 0 Å². The Kier molecular flexibility index (Phi) is 11.1. The van der Waals surface area contributed by atoms with Gasteiger partial charge < -0.3 is 34.1 Å². The van der Waals surface area contributed by atoms with Crippen LogP contribution in [0.3, 0.4) is 0 Å². The molecule has 8 N–H and O–H groups in total. The molecule has 0 aromatic heterocycles. The van der Waals surface area contributed by atoms with E-state index in [1.165, 1.54) is 0 Å². The lowest BCUT2D eigenvalue weighted by Gasteiger charge is -2.30. The maximum absolute atomic E-state index is 10.6. The van der Waals surface area contributed by atoms with Crippen LogP contribution in [0.2, 0.25) is 18.1 Å². The van der Waals surface area contributed by atoms with Crippen molar-refractivity contribution in [3.05, 3.63) is 0 Å². The van der Waals surface area contributed by atoms with Crippen LogP contribution < -0.4 is 11.5 Å². The Morgan fingerprint density at radius 2 is 1.61 bits per heavy atom. The van der Waals surface area contributed by atoms with Crippen LogP contribution in [-0.4, -0.2) is 73.6 Å². The number of nitrogens with two attached hydrogens (primary N) is 2. The molecule has 1 unspecified atom stereocenters. The molecule has 0 aliphatic heterocycles. The molecule has 0 radical (unpaired) electrons. The standard InChI is InChI=1S/C9H28N2O8SSi3/c10-4-1-7-21-18-23(17,9-2-5-11)19-22(15,16)8-3-6-20(12,13)14/h15-17H,1-11,21H2,(H,12,13,14). The molecule has 14 heteroatoms. The molecule has 0 fully saturated rings. The van der Waals surface area contributed by atoms with Gasteiger partial charge in [0.25, 0.3) is 10.1 Å². The van der Waals surface area contributed by atoms with E-state index < -0.39 is 43.2 Å². The van der Waals surface area contributed by atoms with E-state index >= 15 is 0 Å². The van der Waals surface area contributed by atoms with Gasteiger partial charge in [-0.2, -0.15) is 8.42 Å². The van der Waals surface area contributed by atoms with E-state index in [4.69, 9.17) is 24.3 Å². The zero-order valence-corrected chi connectivity index (χ0v) is 17.3. The highest BCUT2D eigenvalue weighted by Gasteiger charge is 2.46.